The summed E-state index contributed by atoms with van der Waals surface area (Å²) >= 11 is 0. The zero-order valence-electron chi connectivity index (χ0n) is 14.1. The number of aromatic nitrogens is 2. The number of hydrogen-bond donors (Lipinski definition) is 1. The van der Waals surface area contributed by atoms with Crippen LogP contribution in [-0.2, 0) is 4.74 Å². The lowest BCUT2D eigenvalue weighted by Gasteiger charge is -2.26. The summed E-state index contributed by atoms with van der Waals surface area (Å²) in [5.74, 6) is -0.122. The topological polar surface area (TPSA) is 59.4 Å². The summed E-state index contributed by atoms with van der Waals surface area (Å²) in [6.07, 6.45) is 4.37. The quantitative estimate of drug-likeness (QED) is 0.819. The molecule has 0 saturated carbocycles. The number of carbonyl (C=O) groups is 1. The second kappa shape index (κ2) is 8.08. The van der Waals surface area contributed by atoms with Gasteiger partial charge in [0.2, 0.25) is 0 Å². The van der Waals surface area contributed by atoms with Crippen molar-refractivity contribution < 1.29 is 9.53 Å². The van der Waals surface area contributed by atoms with Crippen LogP contribution in [-0.4, -0.2) is 59.8 Å². The number of benzene rings is 1. The van der Waals surface area contributed by atoms with Gasteiger partial charge in [0.05, 0.1) is 13.2 Å². The fourth-order valence-corrected chi connectivity index (χ4v) is 2.72. The van der Waals surface area contributed by atoms with Crippen LogP contribution in [0.2, 0.25) is 0 Å². The van der Waals surface area contributed by atoms with Crippen molar-refractivity contribution in [2.24, 2.45) is 0 Å². The second-order valence-corrected chi connectivity index (χ2v) is 6.07. The first-order valence-corrected chi connectivity index (χ1v) is 8.42. The van der Waals surface area contributed by atoms with Crippen LogP contribution in [0.5, 0.6) is 0 Å². The van der Waals surface area contributed by atoms with Gasteiger partial charge in [0, 0.05) is 31.5 Å². The monoisotopic (exact) mass is 328 g/mol. The Hall–Kier alpha value is -2.18. The van der Waals surface area contributed by atoms with E-state index in [9.17, 15) is 4.79 Å². The molecular weight excluding hydrogens is 304 g/mol. The van der Waals surface area contributed by atoms with Crippen LogP contribution in [0.15, 0.2) is 36.8 Å². The van der Waals surface area contributed by atoms with Crippen LogP contribution in [0.1, 0.15) is 22.5 Å². The molecule has 0 atom stereocenters. The smallest absolute Gasteiger partial charge is 0.271 e. The molecule has 1 saturated heterocycles. The highest BCUT2D eigenvalue weighted by molar-refractivity contribution is 5.92. The van der Waals surface area contributed by atoms with Gasteiger partial charge in [-0.2, -0.15) is 0 Å². The Kier molecular flexibility index (Phi) is 5.61. The minimum absolute atomic E-state index is 0.122. The molecule has 1 aliphatic heterocycles. The maximum absolute atomic E-state index is 12.2. The van der Waals surface area contributed by atoms with Crippen LogP contribution in [0.4, 0.5) is 0 Å². The summed E-state index contributed by atoms with van der Waals surface area (Å²) in [6, 6.07) is 8.11. The number of aryl methyl sites for hydroxylation is 1. The third-order valence-electron chi connectivity index (χ3n) is 4.19. The molecule has 1 fully saturated rings. The van der Waals surface area contributed by atoms with Gasteiger partial charge in [-0.15, -0.1) is 0 Å². The van der Waals surface area contributed by atoms with Gasteiger partial charge in [-0.05, 0) is 32.0 Å². The molecule has 1 N–H and O–H groups in total. The summed E-state index contributed by atoms with van der Waals surface area (Å²) in [6.45, 7) is 7.28. The van der Waals surface area contributed by atoms with E-state index in [-0.39, 0.29) is 5.91 Å². The van der Waals surface area contributed by atoms with Crippen molar-refractivity contribution in [2.45, 2.75) is 13.3 Å². The third-order valence-corrected chi connectivity index (χ3v) is 4.19. The van der Waals surface area contributed by atoms with Crippen LogP contribution >= 0.6 is 0 Å². The van der Waals surface area contributed by atoms with Crippen LogP contribution in [0, 0.1) is 6.92 Å². The molecule has 0 bridgehead atoms. The molecule has 0 aliphatic carbocycles. The molecule has 1 aromatic carbocycles. The van der Waals surface area contributed by atoms with E-state index >= 15 is 0 Å². The number of nitrogens with one attached hydrogen (secondary N) is 1. The SMILES string of the molecule is Cc1ccc(-n2cnc(C(=O)NCCCN3CCOCC3)c2)cc1. The number of nitrogens with zero attached hydrogens (tertiary/aromatic N) is 3. The molecule has 1 amide bonds. The van der Waals surface area contributed by atoms with E-state index in [0.29, 0.717) is 12.2 Å². The summed E-state index contributed by atoms with van der Waals surface area (Å²) in [5.41, 5.74) is 2.65. The van der Waals surface area contributed by atoms with Crippen molar-refractivity contribution in [1.82, 2.24) is 19.8 Å². The zero-order chi connectivity index (χ0) is 16.8. The zero-order valence-corrected chi connectivity index (χ0v) is 14.1. The van der Waals surface area contributed by atoms with E-state index in [1.165, 1.54) is 5.56 Å². The Balaban J connectivity index is 1.46. The normalized spacial score (nSPS) is 15.4. The number of imidazole rings is 1. The highest BCUT2D eigenvalue weighted by Gasteiger charge is 2.11. The van der Waals surface area contributed by atoms with E-state index in [2.05, 4.69) is 15.2 Å². The Morgan fingerprint density at radius 2 is 2.00 bits per heavy atom. The van der Waals surface area contributed by atoms with E-state index in [1.807, 2.05) is 35.8 Å². The first-order valence-electron chi connectivity index (χ1n) is 8.42. The molecule has 6 nitrogen and oxygen atoms in total. The van der Waals surface area contributed by atoms with Gasteiger partial charge in [0.1, 0.15) is 12.0 Å². The van der Waals surface area contributed by atoms with Gasteiger partial charge in [-0.3, -0.25) is 9.69 Å². The highest BCUT2D eigenvalue weighted by atomic mass is 16.5. The van der Waals surface area contributed by atoms with Gasteiger partial charge >= 0.3 is 0 Å². The van der Waals surface area contributed by atoms with Gasteiger partial charge in [-0.1, -0.05) is 17.7 Å². The standard InChI is InChI=1S/C18H24N4O2/c1-15-3-5-16(6-4-15)22-13-17(20-14-22)18(23)19-7-2-8-21-9-11-24-12-10-21/h3-6,13-14H,2,7-12H2,1H3,(H,19,23). The number of amides is 1. The second-order valence-electron chi connectivity index (χ2n) is 6.07. The summed E-state index contributed by atoms with van der Waals surface area (Å²) in [4.78, 5) is 18.7. The van der Waals surface area contributed by atoms with E-state index in [0.717, 1.165) is 45.0 Å². The van der Waals surface area contributed by atoms with Gasteiger partial charge in [-0.25, -0.2) is 4.98 Å². The van der Waals surface area contributed by atoms with E-state index in [1.54, 1.807) is 12.5 Å². The molecule has 0 radical (unpaired) electrons. The minimum Gasteiger partial charge on any atom is -0.379 e. The Labute approximate surface area is 142 Å². The summed E-state index contributed by atoms with van der Waals surface area (Å²) in [5, 5.41) is 2.94. The Morgan fingerprint density at radius 3 is 2.75 bits per heavy atom. The molecule has 128 valence electrons. The molecule has 1 aromatic heterocycles. The van der Waals surface area contributed by atoms with Crippen molar-refractivity contribution in [3.8, 4) is 5.69 Å². The number of carbonyl (C=O) groups excluding carboxylic acids is 1. The minimum atomic E-state index is -0.122. The maximum Gasteiger partial charge on any atom is 0.271 e. The molecule has 2 aromatic rings. The van der Waals surface area contributed by atoms with Crippen molar-refractivity contribution in [2.75, 3.05) is 39.4 Å². The summed E-state index contributed by atoms with van der Waals surface area (Å²) < 4.78 is 7.19. The van der Waals surface area contributed by atoms with Crippen molar-refractivity contribution >= 4 is 5.91 Å². The summed E-state index contributed by atoms with van der Waals surface area (Å²) in [7, 11) is 0. The lowest BCUT2D eigenvalue weighted by molar-refractivity contribution is 0.0374. The molecule has 0 unspecified atom stereocenters. The third kappa shape index (κ3) is 4.43. The molecule has 2 heterocycles. The Bertz CT molecular complexity index is 660. The number of rotatable bonds is 6. The van der Waals surface area contributed by atoms with Gasteiger partial charge < -0.3 is 14.6 Å². The molecule has 0 spiro atoms. The van der Waals surface area contributed by atoms with Crippen LogP contribution in [0.3, 0.4) is 0 Å². The molecule has 24 heavy (non-hydrogen) atoms. The predicted molar refractivity (Wildman–Crippen MR) is 92.5 cm³/mol. The largest absolute Gasteiger partial charge is 0.379 e. The van der Waals surface area contributed by atoms with Crippen LogP contribution in [0.25, 0.3) is 5.69 Å². The average Bonchev–Trinajstić information content (AvgIpc) is 3.10. The Morgan fingerprint density at radius 1 is 1.25 bits per heavy atom. The lowest BCUT2D eigenvalue weighted by atomic mass is 10.2. The fraction of sp³-hybridized carbons (Fsp3) is 0.444. The molecular formula is C18H24N4O2. The van der Waals surface area contributed by atoms with Crippen molar-refractivity contribution in [3.63, 3.8) is 0 Å². The van der Waals surface area contributed by atoms with Gasteiger partial charge in [0.15, 0.2) is 0 Å². The maximum atomic E-state index is 12.2. The molecule has 3 rings (SSSR count). The van der Waals surface area contributed by atoms with E-state index < -0.39 is 0 Å². The number of hydrogen-bond acceptors (Lipinski definition) is 4. The lowest BCUT2D eigenvalue weighted by Crippen LogP contribution is -2.38. The van der Waals surface area contributed by atoms with Crippen molar-refractivity contribution in [3.05, 3.63) is 48.0 Å². The molecule has 1 aliphatic rings. The number of ether oxygens (including phenoxy) is 1. The van der Waals surface area contributed by atoms with E-state index in [4.69, 9.17) is 4.74 Å². The van der Waals surface area contributed by atoms with Crippen LogP contribution < -0.4 is 5.32 Å². The first-order chi connectivity index (χ1) is 11.7. The fourth-order valence-electron chi connectivity index (χ4n) is 2.72. The number of morpholine rings is 1. The van der Waals surface area contributed by atoms with Crippen molar-refractivity contribution in [1.29, 1.82) is 0 Å². The predicted octanol–water partition coefficient (Wildman–Crippen LogP) is 1.63. The first kappa shape index (κ1) is 16.7. The van der Waals surface area contributed by atoms with Gasteiger partial charge in [0.25, 0.3) is 5.91 Å². The average molecular weight is 328 g/mol. The highest BCUT2D eigenvalue weighted by Crippen LogP contribution is 2.10. The molecule has 6 heteroatoms.